The molecule has 5 nitrogen and oxygen atoms in total. The molecule has 1 aliphatic carbocycles. The molecule has 2 rings (SSSR count). The number of carbonyl (C=O) groups is 2. The van der Waals surface area contributed by atoms with Crippen molar-refractivity contribution in [1.29, 1.82) is 0 Å². The fourth-order valence-electron chi connectivity index (χ4n) is 1.98. The minimum atomic E-state index is -0.524. The predicted molar refractivity (Wildman–Crippen MR) is 57.4 cm³/mol. The van der Waals surface area contributed by atoms with E-state index in [4.69, 9.17) is 10.5 Å². The van der Waals surface area contributed by atoms with Crippen LogP contribution in [0.2, 0.25) is 0 Å². The second-order valence-electron chi connectivity index (χ2n) is 4.64. The van der Waals surface area contributed by atoms with E-state index in [1.165, 1.54) is 0 Å². The van der Waals surface area contributed by atoms with Crippen molar-refractivity contribution in [1.82, 2.24) is 5.32 Å². The lowest BCUT2D eigenvalue weighted by molar-refractivity contribution is -0.133. The summed E-state index contributed by atoms with van der Waals surface area (Å²) in [4.78, 5) is 22.9. The Balaban J connectivity index is 1.83. The molecule has 0 aromatic rings. The Bertz CT molecular complexity index is 283. The van der Waals surface area contributed by atoms with Gasteiger partial charge in [-0.15, -0.1) is 0 Å². The van der Waals surface area contributed by atoms with Crippen LogP contribution in [-0.4, -0.2) is 30.6 Å². The Morgan fingerprint density at radius 1 is 1.38 bits per heavy atom. The summed E-state index contributed by atoms with van der Waals surface area (Å²) in [5, 5.41) is 2.69. The van der Waals surface area contributed by atoms with Crippen LogP contribution in [0.15, 0.2) is 0 Å². The van der Waals surface area contributed by atoms with Gasteiger partial charge in [0.15, 0.2) is 0 Å². The van der Waals surface area contributed by atoms with Crippen molar-refractivity contribution in [2.75, 3.05) is 6.61 Å². The topological polar surface area (TPSA) is 81.4 Å². The molecule has 5 heteroatoms. The molecule has 2 atom stereocenters. The number of nitrogens with two attached hydrogens (primary N) is 1. The summed E-state index contributed by atoms with van der Waals surface area (Å²) in [5.74, 6) is -0.0810. The second kappa shape index (κ2) is 4.82. The van der Waals surface area contributed by atoms with Gasteiger partial charge < -0.3 is 15.8 Å². The van der Waals surface area contributed by atoms with Crippen LogP contribution in [0, 0.1) is 5.92 Å². The summed E-state index contributed by atoms with van der Waals surface area (Å²) >= 11 is 0. The summed E-state index contributed by atoms with van der Waals surface area (Å²) in [7, 11) is 0. The average molecular weight is 226 g/mol. The number of carbonyl (C=O) groups excluding carboxylic acids is 2. The van der Waals surface area contributed by atoms with Gasteiger partial charge in [0.05, 0.1) is 0 Å². The van der Waals surface area contributed by atoms with Gasteiger partial charge in [0.2, 0.25) is 11.8 Å². The zero-order valence-corrected chi connectivity index (χ0v) is 9.28. The SMILES string of the molecule is NC(=O)[C@H](CC1CC1)NC(=O)[C@@H]1CCCO1. The number of ether oxygens (including phenoxy) is 1. The fraction of sp³-hybridized carbons (Fsp3) is 0.818. The summed E-state index contributed by atoms with van der Waals surface area (Å²) < 4.78 is 5.25. The lowest BCUT2D eigenvalue weighted by atomic mass is 10.1. The van der Waals surface area contributed by atoms with Crippen LogP contribution in [0.5, 0.6) is 0 Å². The van der Waals surface area contributed by atoms with E-state index < -0.39 is 11.9 Å². The number of hydrogen-bond donors (Lipinski definition) is 2. The van der Waals surface area contributed by atoms with Crippen molar-refractivity contribution in [3.05, 3.63) is 0 Å². The quantitative estimate of drug-likeness (QED) is 0.688. The third-order valence-corrected chi connectivity index (χ3v) is 3.15. The first-order valence-electron chi connectivity index (χ1n) is 5.88. The van der Waals surface area contributed by atoms with Crippen molar-refractivity contribution >= 4 is 11.8 Å². The maximum Gasteiger partial charge on any atom is 0.249 e. The van der Waals surface area contributed by atoms with Crippen molar-refractivity contribution in [3.8, 4) is 0 Å². The van der Waals surface area contributed by atoms with Crippen molar-refractivity contribution < 1.29 is 14.3 Å². The van der Waals surface area contributed by atoms with Crippen LogP contribution in [0.3, 0.4) is 0 Å². The van der Waals surface area contributed by atoms with Crippen molar-refractivity contribution in [2.24, 2.45) is 11.7 Å². The van der Waals surface area contributed by atoms with Gasteiger partial charge >= 0.3 is 0 Å². The van der Waals surface area contributed by atoms with E-state index in [9.17, 15) is 9.59 Å². The number of hydrogen-bond acceptors (Lipinski definition) is 3. The van der Waals surface area contributed by atoms with Crippen LogP contribution in [-0.2, 0) is 14.3 Å². The van der Waals surface area contributed by atoms with Gasteiger partial charge in [-0.2, -0.15) is 0 Å². The monoisotopic (exact) mass is 226 g/mol. The van der Waals surface area contributed by atoms with Gasteiger partial charge in [0.25, 0.3) is 0 Å². The van der Waals surface area contributed by atoms with Crippen LogP contribution >= 0.6 is 0 Å². The zero-order valence-electron chi connectivity index (χ0n) is 9.28. The Kier molecular flexibility index (Phi) is 3.43. The zero-order chi connectivity index (χ0) is 11.5. The smallest absolute Gasteiger partial charge is 0.249 e. The Labute approximate surface area is 94.7 Å². The molecule has 3 N–H and O–H groups in total. The van der Waals surface area contributed by atoms with Crippen LogP contribution in [0.25, 0.3) is 0 Å². The molecule has 1 saturated heterocycles. The van der Waals surface area contributed by atoms with Crippen molar-refractivity contribution in [3.63, 3.8) is 0 Å². The maximum absolute atomic E-state index is 11.7. The van der Waals surface area contributed by atoms with E-state index in [0.29, 0.717) is 18.9 Å². The largest absolute Gasteiger partial charge is 0.368 e. The van der Waals surface area contributed by atoms with E-state index in [-0.39, 0.29) is 12.0 Å². The van der Waals surface area contributed by atoms with Gasteiger partial charge in [0, 0.05) is 6.61 Å². The Morgan fingerprint density at radius 3 is 2.62 bits per heavy atom. The summed E-state index contributed by atoms with van der Waals surface area (Å²) in [5.41, 5.74) is 5.27. The highest BCUT2D eigenvalue weighted by Gasteiger charge is 2.31. The lowest BCUT2D eigenvalue weighted by Gasteiger charge is -2.17. The molecular weight excluding hydrogens is 208 g/mol. The van der Waals surface area contributed by atoms with Crippen LogP contribution < -0.4 is 11.1 Å². The normalized spacial score (nSPS) is 26.4. The third kappa shape index (κ3) is 2.95. The van der Waals surface area contributed by atoms with Gasteiger partial charge in [-0.05, 0) is 25.2 Å². The molecule has 16 heavy (non-hydrogen) atoms. The Hall–Kier alpha value is -1.10. The van der Waals surface area contributed by atoms with Gasteiger partial charge in [-0.3, -0.25) is 9.59 Å². The third-order valence-electron chi connectivity index (χ3n) is 3.15. The molecule has 2 fully saturated rings. The predicted octanol–water partition coefficient (Wildman–Crippen LogP) is -0.0644. The van der Waals surface area contributed by atoms with Gasteiger partial charge in [-0.25, -0.2) is 0 Å². The molecule has 2 aliphatic rings. The molecule has 2 amide bonds. The summed E-state index contributed by atoms with van der Waals surface area (Å²) in [6.45, 7) is 0.627. The average Bonchev–Trinajstić information content (AvgIpc) is 2.89. The number of amides is 2. The number of nitrogens with one attached hydrogen (secondary N) is 1. The Morgan fingerprint density at radius 2 is 2.12 bits per heavy atom. The first-order chi connectivity index (χ1) is 7.66. The highest BCUT2D eigenvalue weighted by molar-refractivity contribution is 5.88. The number of primary amides is 1. The van der Waals surface area contributed by atoms with Crippen LogP contribution in [0.4, 0.5) is 0 Å². The summed E-state index contributed by atoms with van der Waals surface area (Å²) in [6.07, 6.45) is 4.20. The van der Waals surface area contributed by atoms with E-state index >= 15 is 0 Å². The van der Waals surface area contributed by atoms with Crippen molar-refractivity contribution in [2.45, 2.75) is 44.2 Å². The van der Waals surface area contributed by atoms with Gasteiger partial charge in [-0.1, -0.05) is 12.8 Å². The minimum absolute atomic E-state index is 0.193. The second-order valence-corrected chi connectivity index (χ2v) is 4.64. The fourth-order valence-corrected chi connectivity index (χ4v) is 1.98. The highest BCUT2D eigenvalue weighted by atomic mass is 16.5. The molecule has 0 bridgehead atoms. The van der Waals surface area contributed by atoms with Gasteiger partial charge in [0.1, 0.15) is 12.1 Å². The maximum atomic E-state index is 11.7. The molecule has 0 unspecified atom stereocenters. The molecular formula is C11H18N2O3. The minimum Gasteiger partial charge on any atom is -0.368 e. The molecule has 0 radical (unpaired) electrons. The highest BCUT2D eigenvalue weighted by Crippen LogP contribution is 2.33. The molecule has 90 valence electrons. The molecule has 0 spiro atoms. The molecule has 1 heterocycles. The lowest BCUT2D eigenvalue weighted by Crippen LogP contribution is -2.48. The standard InChI is InChI=1S/C11H18N2O3/c12-10(14)8(6-7-3-4-7)13-11(15)9-2-1-5-16-9/h7-9H,1-6H2,(H2,12,14)(H,13,15)/t8-,9-/m0/s1. The summed E-state index contributed by atoms with van der Waals surface area (Å²) in [6, 6.07) is -0.524. The molecule has 1 aliphatic heterocycles. The van der Waals surface area contributed by atoms with Crippen LogP contribution in [0.1, 0.15) is 32.1 Å². The first-order valence-corrected chi connectivity index (χ1v) is 5.88. The first kappa shape index (κ1) is 11.4. The molecule has 1 saturated carbocycles. The van der Waals surface area contributed by atoms with E-state index in [2.05, 4.69) is 5.32 Å². The van der Waals surface area contributed by atoms with E-state index in [0.717, 1.165) is 25.7 Å². The number of rotatable bonds is 5. The molecule has 0 aromatic carbocycles. The van der Waals surface area contributed by atoms with E-state index in [1.54, 1.807) is 0 Å². The molecule has 0 aromatic heterocycles. The van der Waals surface area contributed by atoms with E-state index in [1.807, 2.05) is 0 Å².